The van der Waals surface area contributed by atoms with E-state index in [2.05, 4.69) is 12.2 Å². The summed E-state index contributed by atoms with van der Waals surface area (Å²) in [7, 11) is 0. The van der Waals surface area contributed by atoms with Crippen LogP contribution in [0, 0.1) is 0 Å². The van der Waals surface area contributed by atoms with E-state index >= 15 is 0 Å². The number of carbonyl (C=O) groups excluding carboxylic acids is 1. The average Bonchev–Trinajstić information content (AvgIpc) is 2.29. The van der Waals surface area contributed by atoms with E-state index in [0.29, 0.717) is 0 Å². The zero-order valence-electron chi connectivity index (χ0n) is 13.0. The molecule has 112 valence electrons. The molecule has 0 aliphatic rings. The normalized spacial score (nSPS) is 12.8. The summed E-state index contributed by atoms with van der Waals surface area (Å²) in [5, 5.41) is 12.8. The fourth-order valence-corrected chi connectivity index (χ4v) is 2.08. The molecule has 4 heteroatoms. The topological polar surface area (TPSA) is 58.6 Å². The standard InChI is InChI=1S/C16H25NO3/c1-6-8-13-12(9-7-10-14(13)18)11(2)17-15(19)20-16(3,4)5/h7,9-11,18H,6,8H2,1-5H3,(H,17,19). The number of hydrogen-bond donors (Lipinski definition) is 2. The number of phenols is 1. The molecule has 1 atom stereocenters. The van der Waals surface area contributed by atoms with Crippen molar-refractivity contribution in [3.63, 3.8) is 0 Å². The molecule has 0 fully saturated rings. The van der Waals surface area contributed by atoms with Gasteiger partial charge < -0.3 is 15.2 Å². The third kappa shape index (κ3) is 4.76. The SMILES string of the molecule is CCCc1c(O)cccc1C(C)NC(=O)OC(C)(C)C. The van der Waals surface area contributed by atoms with E-state index in [1.165, 1.54) is 0 Å². The van der Waals surface area contributed by atoms with Crippen LogP contribution in [0.1, 0.15) is 58.2 Å². The summed E-state index contributed by atoms with van der Waals surface area (Å²) in [6.45, 7) is 9.43. The van der Waals surface area contributed by atoms with E-state index in [1.807, 2.05) is 33.8 Å². The lowest BCUT2D eigenvalue weighted by Crippen LogP contribution is -2.34. The van der Waals surface area contributed by atoms with Crippen molar-refractivity contribution in [2.24, 2.45) is 0 Å². The summed E-state index contributed by atoms with van der Waals surface area (Å²) in [5.41, 5.74) is 1.30. The Balaban J connectivity index is 2.84. The predicted octanol–water partition coefficient (Wildman–Crippen LogP) is 3.93. The van der Waals surface area contributed by atoms with Gasteiger partial charge in [0.25, 0.3) is 0 Å². The zero-order valence-corrected chi connectivity index (χ0v) is 13.0. The van der Waals surface area contributed by atoms with E-state index in [1.54, 1.807) is 12.1 Å². The van der Waals surface area contributed by atoms with Crippen molar-refractivity contribution in [2.45, 2.75) is 59.1 Å². The van der Waals surface area contributed by atoms with E-state index in [0.717, 1.165) is 24.0 Å². The van der Waals surface area contributed by atoms with Crippen LogP contribution in [0.4, 0.5) is 4.79 Å². The number of amides is 1. The van der Waals surface area contributed by atoms with Gasteiger partial charge in [-0.3, -0.25) is 0 Å². The highest BCUT2D eigenvalue weighted by Gasteiger charge is 2.20. The fourth-order valence-electron chi connectivity index (χ4n) is 2.08. The second kappa shape index (κ2) is 6.64. The van der Waals surface area contributed by atoms with Gasteiger partial charge in [0.2, 0.25) is 0 Å². The first-order valence-corrected chi connectivity index (χ1v) is 7.05. The van der Waals surface area contributed by atoms with Crippen molar-refractivity contribution in [1.29, 1.82) is 0 Å². The third-order valence-electron chi connectivity index (χ3n) is 2.89. The fraction of sp³-hybridized carbons (Fsp3) is 0.562. The number of phenolic OH excluding ortho intramolecular Hbond substituents is 1. The Hall–Kier alpha value is -1.71. The van der Waals surface area contributed by atoms with Gasteiger partial charge in [-0.25, -0.2) is 4.79 Å². The number of ether oxygens (including phenoxy) is 1. The Morgan fingerprint density at radius 3 is 2.60 bits per heavy atom. The van der Waals surface area contributed by atoms with E-state index < -0.39 is 11.7 Å². The Labute approximate surface area is 121 Å². The van der Waals surface area contributed by atoms with Gasteiger partial charge in [-0.2, -0.15) is 0 Å². The van der Waals surface area contributed by atoms with Crippen LogP contribution >= 0.6 is 0 Å². The van der Waals surface area contributed by atoms with Crippen LogP contribution in [0.25, 0.3) is 0 Å². The second-order valence-electron chi connectivity index (χ2n) is 5.96. The summed E-state index contributed by atoms with van der Waals surface area (Å²) < 4.78 is 5.25. The molecule has 0 aromatic heterocycles. The third-order valence-corrected chi connectivity index (χ3v) is 2.89. The number of carbonyl (C=O) groups is 1. The molecule has 0 aliphatic carbocycles. The molecule has 0 heterocycles. The minimum Gasteiger partial charge on any atom is -0.508 e. The van der Waals surface area contributed by atoms with Crippen molar-refractivity contribution in [3.05, 3.63) is 29.3 Å². The minimum atomic E-state index is -0.519. The molecular weight excluding hydrogens is 254 g/mol. The number of nitrogens with one attached hydrogen (secondary N) is 1. The second-order valence-corrected chi connectivity index (χ2v) is 5.96. The molecular formula is C16H25NO3. The van der Waals surface area contributed by atoms with E-state index in [9.17, 15) is 9.90 Å². The van der Waals surface area contributed by atoms with Crippen molar-refractivity contribution in [2.75, 3.05) is 0 Å². The van der Waals surface area contributed by atoms with Gasteiger partial charge in [0.1, 0.15) is 11.4 Å². The molecule has 0 radical (unpaired) electrons. The van der Waals surface area contributed by atoms with Crippen LogP contribution in [0.2, 0.25) is 0 Å². The highest BCUT2D eigenvalue weighted by Crippen LogP contribution is 2.27. The predicted molar refractivity (Wildman–Crippen MR) is 79.9 cm³/mol. The molecule has 20 heavy (non-hydrogen) atoms. The maximum atomic E-state index is 11.8. The van der Waals surface area contributed by atoms with Crippen LogP contribution in [0.15, 0.2) is 18.2 Å². The Morgan fingerprint density at radius 1 is 1.40 bits per heavy atom. The number of rotatable bonds is 4. The summed E-state index contributed by atoms with van der Waals surface area (Å²) in [5.74, 6) is 0.280. The number of hydrogen-bond acceptors (Lipinski definition) is 3. The van der Waals surface area contributed by atoms with Crippen LogP contribution in [0.5, 0.6) is 5.75 Å². The molecule has 0 saturated carbocycles. The van der Waals surface area contributed by atoms with Crippen LogP contribution in [-0.4, -0.2) is 16.8 Å². The summed E-state index contributed by atoms with van der Waals surface area (Å²) in [6.07, 6.45) is 1.27. The van der Waals surface area contributed by atoms with Gasteiger partial charge >= 0.3 is 6.09 Å². The average molecular weight is 279 g/mol. The number of benzene rings is 1. The van der Waals surface area contributed by atoms with Gasteiger partial charge in [0.05, 0.1) is 6.04 Å². The molecule has 4 nitrogen and oxygen atoms in total. The van der Waals surface area contributed by atoms with Gasteiger partial charge in [-0.05, 0) is 51.3 Å². The largest absolute Gasteiger partial charge is 0.508 e. The molecule has 0 spiro atoms. The summed E-state index contributed by atoms with van der Waals surface area (Å²) in [4.78, 5) is 11.8. The van der Waals surface area contributed by atoms with Crippen molar-refractivity contribution >= 4 is 6.09 Å². The van der Waals surface area contributed by atoms with Gasteiger partial charge in [-0.15, -0.1) is 0 Å². The molecule has 1 unspecified atom stereocenters. The summed E-state index contributed by atoms with van der Waals surface area (Å²) in [6, 6.07) is 5.18. The maximum Gasteiger partial charge on any atom is 0.408 e. The Bertz CT molecular complexity index is 463. The molecule has 1 aromatic rings. The maximum absolute atomic E-state index is 11.8. The molecule has 1 rings (SSSR count). The first-order valence-electron chi connectivity index (χ1n) is 7.05. The van der Waals surface area contributed by atoms with Crippen LogP contribution < -0.4 is 5.32 Å². The van der Waals surface area contributed by atoms with Gasteiger partial charge in [0.15, 0.2) is 0 Å². The molecule has 0 aliphatic heterocycles. The van der Waals surface area contributed by atoms with Crippen molar-refractivity contribution < 1.29 is 14.6 Å². The first kappa shape index (κ1) is 16.3. The lowest BCUT2D eigenvalue weighted by atomic mass is 9.97. The molecule has 0 bridgehead atoms. The monoisotopic (exact) mass is 279 g/mol. The highest BCUT2D eigenvalue weighted by atomic mass is 16.6. The Morgan fingerprint density at radius 2 is 2.05 bits per heavy atom. The molecule has 0 saturated heterocycles. The van der Waals surface area contributed by atoms with E-state index in [4.69, 9.17) is 4.74 Å². The lowest BCUT2D eigenvalue weighted by molar-refractivity contribution is 0.0507. The molecule has 2 N–H and O–H groups in total. The van der Waals surface area contributed by atoms with E-state index in [-0.39, 0.29) is 11.8 Å². The quantitative estimate of drug-likeness (QED) is 0.878. The smallest absolute Gasteiger partial charge is 0.408 e. The number of aromatic hydroxyl groups is 1. The number of alkyl carbamates (subject to hydrolysis) is 1. The van der Waals surface area contributed by atoms with Gasteiger partial charge in [-0.1, -0.05) is 25.5 Å². The highest BCUT2D eigenvalue weighted by molar-refractivity contribution is 5.68. The first-order chi connectivity index (χ1) is 9.24. The summed E-state index contributed by atoms with van der Waals surface area (Å²) >= 11 is 0. The van der Waals surface area contributed by atoms with Crippen LogP contribution in [0.3, 0.4) is 0 Å². The lowest BCUT2D eigenvalue weighted by Gasteiger charge is -2.23. The van der Waals surface area contributed by atoms with Crippen molar-refractivity contribution in [1.82, 2.24) is 5.32 Å². The van der Waals surface area contributed by atoms with Crippen molar-refractivity contribution in [3.8, 4) is 5.75 Å². The van der Waals surface area contributed by atoms with Gasteiger partial charge in [0, 0.05) is 0 Å². The zero-order chi connectivity index (χ0) is 15.3. The Kier molecular flexibility index (Phi) is 5.43. The minimum absolute atomic E-state index is 0.210. The molecule has 1 amide bonds. The molecule has 1 aromatic carbocycles. The van der Waals surface area contributed by atoms with Crippen LogP contribution in [-0.2, 0) is 11.2 Å².